The zero-order chi connectivity index (χ0) is 29.2. The van der Waals surface area contributed by atoms with Crippen molar-refractivity contribution >= 4 is 17.9 Å². The Balaban J connectivity index is 1.84. The number of esters is 3. The van der Waals surface area contributed by atoms with Crippen molar-refractivity contribution in [1.82, 2.24) is 0 Å². The highest BCUT2D eigenvalue weighted by atomic mass is 16.8. The van der Waals surface area contributed by atoms with Crippen LogP contribution in [0.2, 0.25) is 0 Å². The second-order valence-electron chi connectivity index (χ2n) is 9.63. The summed E-state index contributed by atoms with van der Waals surface area (Å²) in [4.78, 5) is 36.5. The quantitative estimate of drug-likeness (QED) is 0.234. The largest absolute Gasteiger partial charge is 0.462 e. The van der Waals surface area contributed by atoms with Crippen LogP contribution in [0.1, 0.15) is 37.5 Å². The predicted octanol–water partition coefficient (Wildman–Crippen LogP) is 4.47. The highest BCUT2D eigenvalue weighted by molar-refractivity contribution is 5.67. The summed E-state index contributed by atoms with van der Waals surface area (Å²) in [5.74, 6) is -1.79. The summed E-state index contributed by atoms with van der Waals surface area (Å²) in [6, 6.07) is 28.0. The number of carbonyl (C=O) groups excluding carboxylic acids is 3. The van der Waals surface area contributed by atoms with Crippen LogP contribution in [0.15, 0.2) is 91.0 Å². The van der Waals surface area contributed by atoms with Gasteiger partial charge in [0, 0.05) is 20.8 Å². The molecule has 216 valence electrons. The van der Waals surface area contributed by atoms with Gasteiger partial charge < -0.3 is 28.4 Å². The Labute approximate surface area is 239 Å². The fraction of sp³-hybridized carbons (Fsp3) is 0.344. The van der Waals surface area contributed by atoms with E-state index >= 15 is 0 Å². The number of ether oxygens (including phenoxy) is 6. The normalized spacial score (nSPS) is 22.5. The van der Waals surface area contributed by atoms with E-state index in [0.29, 0.717) is 5.56 Å². The summed E-state index contributed by atoms with van der Waals surface area (Å²) in [7, 11) is 0. The minimum atomic E-state index is -1.60. The van der Waals surface area contributed by atoms with Crippen LogP contribution in [-0.4, -0.2) is 49.1 Å². The van der Waals surface area contributed by atoms with E-state index in [1.165, 1.54) is 20.8 Å². The molecular formula is C32H34O9. The zero-order valence-electron chi connectivity index (χ0n) is 23.3. The summed E-state index contributed by atoms with van der Waals surface area (Å²) in [6.07, 6.45) is -4.38. The third-order valence-corrected chi connectivity index (χ3v) is 6.59. The van der Waals surface area contributed by atoms with Gasteiger partial charge in [0.05, 0.1) is 13.2 Å². The van der Waals surface area contributed by atoms with Crippen molar-refractivity contribution in [2.45, 2.75) is 64.2 Å². The summed E-state index contributed by atoms with van der Waals surface area (Å²) in [6.45, 7) is 3.73. The van der Waals surface area contributed by atoms with Gasteiger partial charge in [-0.25, -0.2) is 0 Å². The molecule has 1 aliphatic rings. The minimum Gasteiger partial charge on any atom is -0.462 e. The number of carbonyl (C=O) groups is 3. The van der Waals surface area contributed by atoms with E-state index in [2.05, 4.69) is 0 Å². The van der Waals surface area contributed by atoms with Gasteiger partial charge in [-0.1, -0.05) is 91.0 Å². The van der Waals surface area contributed by atoms with Crippen molar-refractivity contribution in [2.75, 3.05) is 6.61 Å². The average Bonchev–Trinajstić information content (AvgIpc) is 3.27. The van der Waals surface area contributed by atoms with Crippen molar-refractivity contribution in [2.24, 2.45) is 0 Å². The number of hydrogen-bond donors (Lipinski definition) is 0. The van der Waals surface area contributed by atoms with Crippen molar-refractivity contribution in [3.05, 3.63) is 108 Å². The lowest BCUT2D eigenvalue weighted by Crippen LogP contribution is -2.54. The molecule has 0 aromatic heterocycles. The van der Waals surface area contributed by atoms with Gasteiger partial charge in [0.25, 0.3) is 0 Å². The molecule has 1 aliphatic heterocycles. The van der Waals surface area contributed by atoms with Crippen molar-refractivity contribution in [3.8, 4) is 0 Å². The lowest BCUT2D eigenvalue weighted by molar-refractivity contribution is -0.236. The van der Waals surface area contributed by atoms with Crippen LogP contribution in [0.5, 0.6) is 0 Å². The topological polar surface area (TPSA) is 107 Å². The Bertz CT molecular complexity index is 1280. The summed E-state index contributed by atoms with van der Waals surface area (Å²) < 4.78 is 36.3. The van der Waals surface area contributed by atoms with Crippen LogP contribution < -0.4 is 0 Å². The fourth-order valence-electron chi connectivity index (χ4n) is 4.89. The lowest BCUT2D eigenvalue weighted by Gasteiger charge is -2.40. The molecule has 0 spiro atoms. The van der Waals surface area contributed by atoms with E-state index in [1.54, 1.807) is 24.3 Å². The molecule has 0 saturated carbocycles. The first-order valence-electron chi connectivity index (χ1n) is 13.3. The van der Waals surface area contributed by atoms with Crippen LogP contribution in [0.25, 0.3) is 0 Å². The Hall–Kier alpha value is -4.05. The molecule has 1 fully saturated rings. The highest BCUT2D eigenvalue weighted by Gasteiger charge is 2.64. The molecule has 0 N–H and O–H groups in total. The Morgan fingerprint density at radius 1 is 0.732 bits per heavy atom. The van der Waals surface area contributed by atoms with Crippen LogP contribution >= 0.6 is 0 Å². The molecule has 1 heterocycles. The molecule has 4 rings (SSSR count). The van der Waals surface area contributed by atoms with Crippen LogP contribution in [0, 0.1) is 0 Å². The first-order valence-corrected chi connectivity index (χ1v) is 13.3. The third kappa shape index (κ3) is 7.58. The van der Waals surface area contributed by atoms with Gasteiger partial charge >= 0.3 is 17.9 Å². The van der Waals surface area contributed by atoms with Gasteiger partial charge in [-0.2, -0.15) is 0 Å². The van der Waals surface area contributed by atoms with Crippen molar-refractivity contribution in [1.29, 1.82) is 0 Å². The van der Waals surface area contributed by atoms with Crippen molar-refractivity contribution in [3.63, 3.8) is 0 Å². The van der Waals surface area contributed by atoms with E-state index in [9.17, 15) is 14.4 Å². The van der Waals surface area contributed by atoms with Crippen molar-refractivity contribution < 1.29 is 42.8 Å². The molecule has 9 nitrogen and oxygen atoms in total. The molecule has 3 aromatic carbocycles. The number of hydrogen-bond acceptors (Lipinski definition) is 9. The predicted molar refractivity (Wildman–Crippen MR) is 147 cm³/mol. The maximum absolute atomic E-state index is 12.4. The molecule has 1 unspecified atom stereocenters. The van der Waals surface area contributed by atoms with E-state index in [1.807, 2.05) is 66.7 Å². The lowest BCUT2D eigenvalue weighted by atomic mass is 9.82. The third-order valence-electron chi connectivity index (χ3n) is 6.59. The molecule has 9 heteroatoms. The highest BCUT2D eigenvalue weighted by Crippen LogP contribution is 2.47. The summed E-state index contributed by atoms with van der Waals surface area (Å²) in [5, 5.41) is 0. The van der Waals surface area contributed by atoms with Gasteiger partial charge in [-0.05, 0) is 16.7 Å². The van der Waals surface area contributed by atoms with E-state index in [4.69, 9.17) is 28.4 Å². The first-order chi connectivity index (χ1) is 19.8. The summed E-state index contributed by atoms with van der Waals surface area (Å²) in [5.41, 5.74) is 0.707. The molecule has 41 heavy (non-hydrogen) atoms. The molecule has 5 atom stereocenters. The Morgan fingerprint density at radius 2 is 1.27 bits per heavy atom. The molecule has 1 saturated heterocycles. The average molecular weight is 563 g/mol. The van der Waals surface area contributed by atoms with Crippen LogP contribution in [-0.2, 0) is 61.6 Å². The zero-order valence-corrected chi connectivity index (χ0v) is 23.3. The first kappa shape index (κ1) is 29.9. The minimum absolute atomic E-state index is 0.141. The fourth-order valence-corrected chi connectivity index (χ4v) is 4.89. The summed E-state index contributed by atoms with van der Waals surface area (Å²) >= 11 is 0. The van der Waals surface area contributed by atoms with E-state index in [0.717, 1.165) is 11.1 Å². The molecule has 0 amide bonds. The van der Waals surface area contributed by atoms with E-state index in [-0.39, 0.29) is 19.8 Å². The van der Waals surface area contributed by atoms with E-state index < -0.39 is 48.1 Å². The maximum Gasteiger partial charge on any atom is 0.305 e. The van der Waals surface area contributed by atoms with Crippen LogP contribution in [0.4, 0.5) is 0 Å². The van der Waals surface area contributed by atoms with Crippen LogP contribution in [0.3, 0.4) is 0 Å². The molecular weight excluding hydrogens is 528 g/mol. The Morgan fingerprint density at radius 3 is 1.78 bits per heavy atom. The molecule has 3 aromatic rings. The molecule has 0 aliphatic carbocycles. The number of rotatable bonds is 12. The molecule has 0 bridgehead atoms. The SMILES string of the molecule is CC(=O)OC[C@@H](OC(C)=O)[C@]1(c2ccccc2)OC(OC(C)=O)[C@H](OCc2ccccc2)[C@H]1OCc1ccccc1. The van der Waals surface area contributed by atoms with Gasteiger partial charge in [-0.15, -0.1) is 0 Å². The van der Waals surface area contributed by atoms with Gasteiger partial charge in [0.1, 0.15) is 18.8 Å². The standard InChI is InChI=1S/C32H34O9/c1-22(33)36-21-28(39-23(2)34)32(27-17-11-6-12-18-27)30(38-20-26-15-9-5-10-16-26)29(31(41-32)40-24(3)35)37-19-25-13-7-4-8-14-25/h4-18,28-31H,19-21H2,1-3H3/t28-,29-,30-,31?,32+/m1/s1. The van der Waals surface area contributed by atoms with Gasteiger partial charge in [-0.3, -0.25) is 14.4 Å². The van der Waals surface area contributed by atoms with Gasteiger partial charge in [0.15, 0.2) is 11.7 Å². The van der Waals surface area contributed by atoms with Gasteiger partial charge in [0.2, 0.25) is 6.29 Å². The second kappa shape index (κ2) is 14.0. The monoisotopic (exact) mass is 562 g/mol. The second-order valence-corrected chi connectivity index (χ2v) is 9.63. The number of benzene rings is 3. The molecule has 0 radical (unpaired) electrons. The maximum atomic E-state index is 12.4. The smallest absolute Gasteiger partial charge is 0.305 e. The Kier molecular flexibility index (Phi) is 10.2.